The third kappa shape index (κ3) is 3.20. The van der Waals surface area contributed by atoms with Crippen LogP contribution in [0.4, 0.5) is 11.5 Å². The Morgan fingerprint density at radius 2 is 1.67 bits per heavy atom. The number of nitrogens with zero attached hydrogens (tertiary/aromatic N) is 1. The van der Waals surface area contributed by atoms with Gasteiger partial charge in [-0.15, -0.1) is 0 Å². The molecule has 0 fully saturated rings. The number of anilines is 2. The third-order valence-corrected chi connectivity index (χ3v) is 3.67. The van der Waals surface area contributed by atoms with E-state index in [1.165, 1.54) is 0 Å². The lowest BCUT2D eigenvalue weighted by atomic mass is 10.1. The van der Waals surface area contributed by atoms with Crippen LogP contribution in [-0.2, 0) is 0 Å². The minimum atomic E-state index is 0.716. The van der Waals surface area contributed by atoms with Gasteiger partial charge < -0.3 is 5.32 Å². The maximum Gasteiger partial charge on any atom is 0.152 e. The van der Waals surface area contributed by atoms with Crippen LogP contribution in [0.5, 0.6) is 0 Å². The number of hydrogen-bond acceptors (Lipinski definition) is 2. The summed E-state index contributed by atoms with van der Waals surface area (Å²) in [6.07, 6.45) is 0. The van der Waals surface area contributed by atoms with Crippen molar-refractivity contribution >= 4 is 34.7 Å². The highest BCUT2D eigenvalue weighted by Crippen LogP contribution is 2.26. The topological polar surface area (TPSA) is 40.7 Å². The fourth-order valence-corrected chi connectivity index (χ4v) is 2.42. The molecule has 1 aromatic heterocycles. The van der Waals surface area contributed by atoms with Crippen molar-refractivity contribution in [1.29, 1.82) is 0 Å². The van der Waals surface area contributed by atoms with Gasteiger partial charge >= 0.3 is 0 Å². The zero-order valence-corrected chi connectivity index (χ0v) is 12.8. The summed E-state index contributed by atoms with van der Waals surface area (Å²) in [7, 11) is 0. The summed E-state index contributed by atoms with van der Waals surface area (Å²) in [5.74, 6) is 0.755. The summed E-state index contributed by atoms with van der Waals surface area (Å²) in [5, 5.41) is 12.0. The number of rotatable bonds is 3. The molecule has 21 heavy (non-hydrogen) atoms. The summed E-state index contributed by atoms with van der Waals surface area (Å²) >= 11 is 11.8. The summed E-state index contributed by atoms with van der Waals surface area (Å²) < 4.78 is 0. The van der Waals surface area contributed by atoms with Gasteiger partial charge in [0, 0.05) is 21.8 Å². The van der Waals surface area contributed by atoms with E-state index in [1.807, 2.05) is 55.5 Å². The zero-order chi connectivity index (χ0) is 14.8. The van der Waals surface area contributed by atoms with Crippen LogP contribution in [0.3, 0.4) is 0 Å². The van der Waals surface area contributed by atoms with Gasteiger partial charge in [-0.25, -0.2) is 0 Å². The Labute approximate surface area is 132 Å². The highest BCUT2D eigenvalue weighted by atomic mass is 35.5. The molecular weight excluding hydrogens is 305 g/mol. The molecule has 0 radical (unpaired) electrons. The van der Waals surface area contributed by atoms with Crippen LogP contribution in [0.25, 0.3) is 11.3 Å². The zero-order valence-electron chi connectivity index (χ0n) is 11.3. The number of aromatic amines is 1. The number of hydrogen-bond donors (Lipinski definition) is 2. The van der Waals surface area contributed by atoms with Crippen LogP contribution in [0, 0.1) is 6.92 Å². The lowest BCUT2D eigenvalue weighted by Crippen LogP contribution is -1.92. The molecule has 1 heterocycles. The first-order chi connectivity index (χ1) is 10.1. The quantitative estimate of drug-likeness (QED) is 0.675. The second-order valence-corrected chi connectivity index (χ2v) is 5.63. The molecule has 3 nitrogen and oxygen atoms in total. The Morgan fingerprint density at radius 3 is 2.38 bits per heavy atom. The molecule has 0 saturated carbocycles. The number of aromatic nitrogens is 2. The van der Waals surface area contributed by atoms with Crippen molar-refractivity contribution < 1.29 is 0 Å². The highest BCUT2D eigenvalue weighted by molar-refractivity contribution is 6.31. The molecule has 0 aliphatic rings. The molecular formula is C16H13Cl2N3. The maximum atomic E-state index is 5.96. The first kappa shape index (κ1) is 14.0. The Morgan fingerprint density at radius 1 is 0.952 bits per heavy atom. The van der Waals surface area contributed by atoms with E-state index in [1.54, 1.807) is 0 Å². The van der Waals surface area contributed by atoms with Gasteiger partial charge in [0.2, 0.25) is 0 Å². The van der Waals surface area contributed by atoms with Crippen LogP contribution in [0.1, 0.15) is 5.56 Å². The van der Waals surface area contributed by atoms with E-state index in [0.29, 0.717) is 5.02 Å². The molecule has 0 aliphatic carbocycles. The molecule has 0 unspecified atom stereocenters. The smallest absolute Gasteiger partial charge is 0.152 e. The lowest BCUT2D eigenvalue weighted by Gasteiger charge is -2.06. The van der Waals surface area contributed by atoms with Crippen molar-refractivity contribution in [2.45, 2.75) is 6.92 Å². The average Bonchev–Trinajstić information content (AvgIpc) is 2.91. The molecule has 5 heteroatoms. The molecule has 0 aliphatic heterocycles. The van der Waals surface area contributed by atoms with E-state index in [0.717, 1.165) is 33.3 Å². The Balaban J connectivity index is 1.83. The molecule has 3 aromatic rings. The van der Waals surface area contributed by atoms with Crippen LogP contribution in [0.15, 0.2) is 48.5 Å². The predicted octanol–water partition coefficient (Wildman–Crippen LogP) is 5.44. The first-order valence-electron chi connectivity index (χ1n) is 6.46. The summed E-state index contributed by atoms with van der Waals surface area (Å²) in [6.45, 7) is 2.00. The molecule has 2 aromatic carbocycles. The second kappa shape index (κ2) is 5.80. The van der Waals surface area contributed by atoms with Gasteiger partial charge in [0.05, 0.1) is 5.69 Å². The highest BCUT2D eigenvalue weighted by Gasteiger charge is 2.05. The molecule has 106 valence electrons. The standard InChI is InChI=1S/C16H13Cl2N3/c1-10-8-13(18)6-7-14(10)19-16-9-15(20-21-16)11-2-4-12(17)5-3-11/h2-9H,1H3,(H2,19,20,21). The molecule has 0 bridgehead atoms. The van der Waals surface area contributed by atoms with Crippen molar-refractivity contribution in [3.8, 4) is 11.3 Å². The second-order valence-electron chi connectivity index (χ2n) is 4.76. The van der Waals surface area contributed by atoms with Gasteiger partial charge in [-0.2, -0.15) is 5.10 Å². The van der Waals surface area contributed by atoms with Crippen molar-refractivity contribution in [1.82, 2.24) is 10.2 Å². The van der Waals surface area contributed by atoms with Crippen LogP contribution in [0.2, 0.25) is 10.0 Å². The van der Waals surface area contributed by atoms with Crippen molar-refractivity contribution in [2.75, 3.05) is 5.32 Å². The van der Waals surface area contributed by atoms with Gasteiger partial charge in [0.25, 0.3) is 0 Å². The van der Waals surface area contributed by atoms with Gasteiger partial charge in [0.1, 0.15) is 0 Å². The molecule has 0 amide bonds. The monoisotopic (exact) mass is 317 g/mol. The minimum absolute atomic E-state index is 0.716. The van der Waals surface area contributed by atoms with Crippen molar-refractivity contribution in [3.63, 3.8) is 0 Å². The third-order valence-electron chi connectivity index (χ3n) is 3.18. The van der Waals surface area contributed by atoms with Crippen LogP contribution >= 0.6 is 23.2 Å². The van der Waals surface area contributed by atoms with E-state index in [4.69, 9.17) is 23.2 Å². The number of aryl methyl sites for hydroxylation is 1. The molecule has 3 rings (SSSR count). The van der Waals surface area contributed by atoms with Gasteiger partial charge in [-0.3, -0.25) is 5.10 Å². The van der Waals surface area contributed by atoms with Gasteiger partial charge in [-0.1, -0.05) is 35.3 Å². The maximum absolute atomic E-state index is 5.96. The van der Waals surface area contributed by atoms with E-state index in [-0.39, 0.29) is 0 Å². The van der Waals surface area contributed by atoms with Gasteiger partial charge in [0.15, 0.2) is 5.82 Å². The summed E-state index contributed by atoms with van der Waals surface area (Å²) in [4.78, 5) is 0. The largest absolute Gasteiger partial charge is 0.339 e. The summed E-state index contributed by atoms with van der Waals surface area (Å²) in [5.41, 5.74) is 4.01. The fourth-order valence-electron chi connectivity index (χ4n) is 2.07. The number of H-pyrrole nitrogens is 1. The lowest BCUT2D eigenvalue weighted by molar-refractivity contribution is 1.10. The molecule has 2 N–H and O–H groups in total. The average molecular weight is 318 g/mol. The Bertz CT molecular complexity index is 763. The Kier molecular flexibility index (Phi) is 3.86. The van der Waals surface area contributed by atoms with E-state index >= 15 is 0 Å². The van der Waals surface area contributed by atoms with E-state index < -0.39 is 0 Å². The SMILES string of the molecule is Cc1cc(Cl)ccc1Nc1cc(-c2ccc(Cl)cc2)[nH]n1. The van der Waals surface area contributed by atoms with Gasteiger partial charge in [-0.05, 0) is 48.4 Å². The fraction of sp³-hybridized carbons (Fsp3) is 0.0625. The van der Waals surface area contributed by atoms with E-state index in [2.05, 4.69) is 15.5 Å². The molecule has 0 atom stereocenters. The summed E-state index contributed by atoms with van der Waals surface area (Å²) in [6, 6.07) is 15.3. The number of halogens is 2. The van der Waals surface area contributed by atoms with Crippen LogP contribution < -0.4 is 5.32 Å². The van der Waals surface area contributed by atoms with Crippen LogP contribution in [-0.4, -0.2) is 10.2 Å². The van der Waals surface area contributed by atoms with Crippen molar-refractivity contribution in [2.24, 2.45) is 0 Å². The minimum Gasteiger partial charge on any atom is -0.339 e. The number of benzene rings is 2. The molecule has 0 saturated heterocycles. The predicted molar refractivity (Wildman–Crippen MR) is 88.5 cm³/mol. The number of nitrogens with one attached hydrogen (secondary N) is 2. The first-order valence-corrected chi connectivity index (χ1v) is 7.22. The molecule has 0 spiro atoms. The van der Waals surface area contributed by atoms with Crippen molar-refractivity contribution in [3.05, 3.63) is 64.1 Å². The normalized spacial score (nSPS) is 10.6. The Hall–Kier alpha value is -1.97. The van der Waals surface area contributed by atoms with E-state index in [9.17, 15) is 0 Å².